The summed E-state index contributed by atoms with van der Waals surface area (Å²) >= 11 is 6.19. The van der Waals surface area contributed by atoms with Gasteiger partial charge in [-0.25, -0.2) is 9.97 Å². The smallest absolute Gasteiger partial charge is 0.185 e. The van der Waals surface area contributed by atoms with Crippen LogP contribution in [0.25, 0.3) is 11.0 Å². The number of hydrogen-bond acceptors (Lipinski definition) is 6. The summed E-state index contributed by atoms with van der Waals surface area (Å²) < 4.78 is 11.3. The molecule has 0 amide bonds. The number of rotatable bonds is 7. The van der Waals surface area contributed by atoms with Crippen LogP contribution in [0.1, 0.15) is 11.1 Å². The third kappa shape index (κ3) is 4.67. The molecule has 0 saturated heterocycles. The molecule has 0 aliphatic rings. The zero-order chi connectivity index (χ0) is 20.8. The highest BCUT2D eigenvalue weighted by molar-refractivity contribution is 6.32. The van der Waals surface area contributed by atoms with Crippen LogP contribution < -0.4 is 14.9 Å². The van der Waals surface area contributed by atoms with Crippen molar-refractivity contribution in [2.75, 3.05) is 12.5 Å². The van der Waals surface area contributed by atoms with Gasteiger partial charge in [0.2, 0.25) is 0 Å². The number of nitrogens with zero attached hydrogens (tertiary/aromatic N) is 3. The van der Waals surface area contributed by atoms with Crippen LogP contribution in [0.2, 0.25) is 5.15 Å². The number of halogens is 1. The minimum atomic E-state index is 0.257. The van der Waals surface area contributed by atoms with E-state index < -0.39 is 0 Å². The number of para-hydroxylation sites is 2. The average molecular weight is 419 g/mol. The number of hydrogen-bond donors (Lipinski definition) is 1. The lowest BCUT2D eigenvalue weighted by molar-refractivity contribution is 0.284. The average Bonchev–Trinajstić information content (AvgIpc) is 2.79. The fraction of sp³-hybridized carbons (Fsp3) is 0.0870. The highest BCUT2D eigenvalue weighted by atomic mass is 35.5. The van der Waals surface area contributed by atoms with Crippen molar-refractivity contribution in [3.63, 3.8) is 0 Å². The quantitative estimate of drug-likeness (QED) is 0.325. The lowest BCUT2D eigenvalue weighted by Gasteiger charge is -2.11. The molecule has 0 fully saturated rings. The Morgan fingerprint density at radius 2 is 1.67 bits per heavy atom. The maximum absolute atomic E-state index is 6.19. The largest absolute Gasteiger partial charge is 0.493 e. The first kappa shape index (κ1) is 19.7. The number of aromatic nitrogens is 2. The second-order valence-electron chi connectivity index (χ2n) is 6.41. The number of methoxy groups -OCH3 is 1. The van der Waals surface area contributed by atoms with Crippen molar-refractivity contribution in [2.45, 2.75) is 6.61 Å². The summed E-state index contributed by atoms with van der Waals surface area (Å²) in [5, 5.41) is 4.48. The topological polar surface area (TPSA) is 68.6 Å². The number of ether oxygens (including phenoxy) is 2. The van der Waals surface area contributed by atoms with Gasteiger partial charge in [-0.05, 0) is 41.5 Å². The van der Waals surface area contributed by atoms with Gasteiger partial charge in [-0.15, -0.1) is 0 Å². The molecular formula is C23H19ClN4O2. The van der Waals surface area contributed by atoms with E-state index in [2.05, 4.69) is 20.5 Å². The fourth-order valence-corrected chi connectivity index (χ4v) is 3.01. The number of hydrazone groups is 1. The van der Waals surface area contributed by atoms with E-state index in [-0.39, 0.29) is 5.15 Å². The van der Waals surface area contributed by atoms with Gasteiger partial charge in [-0.2, -0.15) is 5.10 Å². The first-order valence-corrected chi connectivity index (χ1v) is 9.67. The second-order valence-corrected chi connectivity index (χ2v) is 6.76. The van der Waals surface area contributed by atoms with Gasteiger partial charge in [0.05, 0.1) is 24.4 Å². The molecule has 4 rings (SSSR count). The number of anilines is 1. The van der Waals surface area contributed by atoms with Crippen molar-refractivity contribution in [3.05, 3.63) is 89.1 Å². The van der Waals surface area contributed by atoms with Gasteiger partial charge in [-0.1, -0.05) is 54.1 Å². The van der Waals surface area contributed by atoms with E-state index in [9.17, 15) is 0 Å². The summed E-state index contributed by atoms with van der Waals surface area (Å²) in [5.41, 5.74) is 6.23. The summed E-state index contributed by atoms with van der Waals surface area (Å²) in [6.07, 6.45) is 1.65. The van der Waals surface area contributed by atoms with Crippen molar-refractivity contribution in [1.82, 2.24) is 9.97 Å². The second kappa shape index (κ2) is 9.24. The summed E-state index contributed by atoms with van der Waals surface area (Å²) in [6.45, 7) is 0.464. The van der Waals surface area contributed by atoms with Crippen LogP contribution in [0.15, 0.2) is 77.9 Å². The molecule has 0 bridgehead atoms. The molecule has 7 heteroatoms. The summed E-state index contributed by atoms with van der Waals surface area (Å²) in [6, 6.07) is 23.1. The molecule has 4 aromatic rings. The maximum Gasteiger partial charge on any atom is 0.185 e. The third-order valence-electron chi connectivity index (χ3n) is 4.34. The Balaban J connectivity index is 1.45. The highest BCUT2D eigenvalue weighted by Crippen LogP contribution is 2.28. The SMILES string of the molecule is COc1cc(/C=N/Nc2nc3ccccc3nc2Cl)ccc1OCc1ccccc1. The molecule has 3 aromatic carbocycles. The van der Waals surface area contributed by atoms with Crippen LogP contribution >= 0.6 is 11.6 Å². The molecule has 150 valence electrons. The standard InChI is InChI=1S/C23H19ClN4O2/c1-29-21-13-17(11-12-20(21)30-15-16-7-3-2-4-8-16)14-25-28-23-22(24)26-18-9-5-6-10-19(18)27-23/h2-14H,15H2,1H3,(H,27,28)/b25-14+. The van der Waals surface area contributed by atoms with Gasteiger partial charge in [0.15, 0.2) is 22.5 Å². The molecule has 0 spiro atoms. The van der Waals surface area contributed by atoms with Crippen molar-refractivity contribution < 1.29 is 9.47 Å². The minimum absolute atomic E-state index is 0.257. The number of benzene rings is 3. The molecule has 0 atom stereocenters. The molecule has 0 aliphatic heterocycles. The molecule has 0 saturated carbocycles. The molecule has 0 unspecified atom stereocenters. The summed E-state index contributed by atoms with van der Waals surface area (Å²) in [4.78, 5) is 8.76. The van der Waals surface area contributed by atoms with Gasteiger partial charge < -0.3 is 9.47 Å². The van der Waals surface area contributed by atoms with E-state index in [0.717, 1.165) is 22.2 Å². The summed E-state index contributed by atoms with van der Waals surface area (Å²) in [5.74, 6) is 1.68. The van der Waals surface area contributed by atoms with Crippen molar-refractivity contribution >= 4 is 34.7 Å². The molecule has 1 heterocycles. The van der Waals surface area contributed by atoms with Gasteiger partial charge in [0.25, 0.3) is 0 Å². The molecule has 30 heavy (non-hydrogen) atoms. The molecule has 0 aliphatic carbocycles. The Morgan fingerprint density at radius 1 is 0.933 bits per heavy atom. The van der Waals surface area contributed by atoms with Gasteiger partial charge in [-0.3, -0.25) is 5.43 Å². The normalized spacial score (nSPS) is 11.0. The molecule has 1 N–H and O–H groups in total. The van der Waals surface area contributed by atoms with E-state index in [1.807, 2.05) is 72.8 Å². The van der Waals surface area contributed by atoms with Crippen LogP contribution in [0.4, 0.5) is 5.82 Å². The maximum atomic E-state index is 6.19. The van der Waals surface area contributed by atoms with E-state index >= 15 is 0 Å². The zero-order valence-corrected chi connectivity index (χ0v) is 17.0. The predicted molar refractivity (Wildman–Crippen MR) is 120 cm³/mol. The van der Waals surface area contributed by atoms with Crippen LogP contribution in [0, 0.1) is 0 Å². The fourth-order valence-electron chi connectivity index (χ4n) is 2.84. The van der Waals surface area contributed by atoms with Crippen LogP contribution in [0.5, 0.6) is 11.5 Å². The highest BCUT2D eigenvalue weighted by Gasteiger charge is 2.07. The Labute approximate surface area is 179 Å². The lowest BCUT2D eigenvalue weighted by Crippen LogP contribution is -1.99. The van der Waals surface area contributed by atoms with Crippen LogP contribution in [-0.2, 0) is 6.61 Å². The lowest BCUT2D eigenvalue weighted by atomic mass is 10.2. The zero-order valence-electron chi connectivity index (χ0n) is 16.2. The molecule has 6 nitrogen and oxygen atoms in total. The van der Waals surface area contributed by atoms with E-state index in [4.69, 9.17) is 21.1 Å². The van der Waals surface area contributed by atoms with E-state index in [1.165, 1.54) is 0 Å². The van der Waals surface area contributed by atoms with Crippen molar-refractivity contribution in [1.29, 1.82) is 0 Å². The van der Waals surface area contributed by atoms with E-state index in [0.29, 0.717) is 23.9 Å². The monoisotopic (exact) mass is 418 g/mol. The molecular weight excluding hydrogens is 400 g/mol. The molecule has 0 radical (unpaired) electrons. The summed E-state index contributed by atoms with van der Waals surface area (Å²) in [7, 11) is 1.61. The van der Waals surface area contributed by atoms with Crippen molar-refractivity contribution in [3.8, 4) is 11.5 Å². The number of fused-ring (bicyclic) bond motifs is 1. The predicted octanol–water partition coefficient (Wildman–Crippen LogP) is 5.32. The minimum Gasteiger partial charge on any atom is -0.493 e. The van der Waals surface area contributed by atoms with Gasteiger partial charge in [0, 0.05) is 0 Å². The van der Waals surface area contributed by atoms with Crippen molar-refractivity contribution in [2.24, 2.45) is 5.10 Å². The molecule has 1 aromatic heterocycles. The first-order valence-electron chi connectivity index (χ1n) is 9.29. The van der Waals surface area contributed by atoms with Gasteiger partial charge >= 0.3 is 0 Å². The van der Waals surface area contributed by atoms with Gasteiger partial charge in [0.1, 0.15) is 6.61 Å². The Bertz CT molecular complexity index is 1180. The third-order valence-corrected chi connectivity index (χ3v) is 4.60. The van der Waals surface area contributed by atoms with Crippen LogP contribution in [0.3, 0.4) is 0 Å². The Morgan fingerprint density at radius 3 is 2.43 bits per heavy atom. The first-order chi connectivity index (χ1) is 14.7. The Kier molecular flexibility index (Phi) is 6.06. The van der Waals surface area contributed by atoms with Crippen LogP contribution in [-0.4, -0.2) is 23.3 Å². The Hall–Kier alpha value is -3.64. The van der Waals surface area contributed by atoms with E-state index in [1.54, 1.807) is 13.3 Å². The number of nitrogens with one attached hydrogen (secondary N) is 1.